The van der Waals surface area contributed by atoms with Crippen LogP contribution in [0.5, 0.6) is 0 Å². The topological polar surface area (TPSA) is 62.7 Å². The van der Waals surface area contributed by atoms with Gasteiger partial charge in [-0.1, -0.05) is 33.1 Å². The van der Waals surface area contributed by atoms with Gasteiger partial charge >= 0.3 is 5.97 Å². The number of ether oxygens (including phenoxy) is 1. The number of esters is 1. The van der Waals surface area contributed by atoms with E-state index in [1.165, 1.54) is 32.8 Å². The maximum atomic E-state index is 11.0. The van der Waals surface area contributed by atoms with Crippen LogP contribution in [0.15, 0.2) is 4.99 Å². The molecular formula is C14H30IN3O2. The van der Waals surface area contributed by atoms with E-state index in [0.717, 1.165) is 12.5 Å². The zero-order chi connectivity index (χ0) is 14.5. The molecule has 1 unspecified atom stereocenters. The number of halogens is 1. The SMILES string of the molecule is CCCCC(CC)CNC(=NC)NCCC(=O)OC.I. The first-order valence-corrected chi connectivity index (χ1v) is 7.19. The molecule has 0 aliphatic carbocycles. The Labute approximate surface area is 140 Å². The van der Waals surface area contributed by atoms with Gasteiger partial charge in [0.05, 0.1) is 13.5 Å². The minimum atomic E-state index is -0.211. The lowest BCUT2D eigenvalue weighted by Crippen LogP contribution is -2.40. The van der Waals surface area contributed by atoms with E-state index in [1.54, 1.807) is 7.05 Å². The van der Waals surface area contributed by atoms with Crippen molar-refractivity contribution >= 4 is 35.9 Å². The number of carbonyl (C=O) groups is 1. The summed E-state index contributed by atoms with van der Waals surface area (Å²) in [5, 5.41) is 6.42. The van der Waals surface area contributed by atoms with Crippen LogP contribution < -0.4 is 10.6 Å². The van der Waals surface area contributed by atoms with E-state index in [-0.39, 0.29) is 29.9 Å². The Hall–Kier alpha value is -0.530. The second-order valence-electron chi connectivity index (χ2n) is 4.62. The molecule has 5 nitrogen and oxygen atoms in total. The van der Waals surface area contributed by atoms with Gasteiger partial charge in [-0.2, -0.15) is 0 Å². The lowest BCUT2D eigenvalue weighted by molar-refractivity contribution is -0.140. The first kappa shape index (κ1) is 21.8. The Kier molecular flexibility index (Phi) is 16.2. The van der Waals surface area contributed by atoms with Crippen molar-refractivity contribution in [2.24, 2.45) is 10.9 Å². The van der Waals surface area contributed by atoms with Crippen LogP contribution in [0.25, 0.3) is 0 Å². The van der Waals surface area contributed by atoms with Crippen LogP contribution in [0.1, 0.15) is 46.0 Å². The molecule has 0 amide bonds. The quantitative estimate of drug-likeness (QED) is 0.271. The average Bonchev–Trinajstić information content (AvgIpc) is 2.44. The van der Waals surface area contributed by atoms with E-state index >= 15 is 0 Å². The first-order valence-electron chi connectivity index (χ1n) is 7.19. The summed E-state index contributed by atoms with van der Waals surface area (Å²) in [5.41, 5.74) is 0. The number of guanidine groups is 1. The molecule has 0 aromatic rings. The second-order valence-corrected chi connectivity index (χ2v) is 4.62. The molecule has 6 heteroatoms. The molecule has 0 saturated heterocycles. The van der Waals surface area contributed by atoms with Crippen molar-refractivity contribution in [2.75, 3.05) is 27.2 Å². The zero-order valence-electron chi connectivity index (χ0n) is 13.2. The minimum absolute atomic E-state index is 0. The lowest BCUT2D eigenvalue weighted by atomic mass is 9.99. The molecule has 2 N–H and O–H groups in total. The molecule has 120 valence electrons. The van der Waals surface area contributed by atoms with Gasteiger partial charge in [-0.3, -0.25) is 9.79 Å². The van der Waals surface area contributed by atoms with Gasteiger partial charge in [0.1, 0.15) is 0 Å². The monoisotopic (exact) mass is 399 g/mol. The van der Waals surface area contributed by atoms with Gasteiger partial charge in [-0.05, 0) is 12.3 Å². The lowest BCUT2D eigenvalue weighted by Gasteiger charge is -2.17. The van der Waals surface area contributed by atoms with E-state index in [2.05, 4.69) is 34.2 Å². The van der Waals surface area contributed by atoms with Crippen LogP contribution in [0, 0.1) is 5.92 Å². The van der Waals surface area contributed by atoms with Gasteiger partial charge in [0.25, 0.3) is 0 Å². The largest absolute Gasteiger partial charge is 0.469 e. The Balaban J connectivity index is 0. The van der Waals surface area contributed by atoms with Crippen LogP contribution in [0.2, 0.25) is 0 Å². The van der Waals surface area contributed by atoms with Crippen molar-refractivity contribution in [1.82, 2.24) is 10.6 Å². The van der Waals surface area contributed by atoms with E-state index in [4.69, 9.17) is 0 Å². The number of aliphatic imine (C=N–C) groups is 1. The van der Waals surface area contributed by atoms with Crippen LogP contribution in [-0.2, 0) is 9.53 Å². The molecule has 0 aromatic heterocycles. The van der Waals surface area contributed by atoms with Gasteiger partial charge in [-0.25, -0.2) is 0 Å². The summed E-state index contributed by atoms with van der Waals surface area (Å²) >= 11 is 0. The number of methoxy groups -OCH3 is 1. The van der Waals surface area contributed by atoms with E-state index < -0.39 is 0 Å². The van der Waals surface area contributed by atoms with Crippen LogP contribution >= 0.6 is 24.0 Å². The molecule has 0 aliphatic rings. The maximum absolute atomic E-state index is 11.0. The summed E-state index contributed by atoms with van der Waals surface area (Å²) in [6.45, 7) is 5.90. The van der Waals surface area contributed by atoms with Crippen molar-refractivity contribution < 1.29 is 9.53 Å². The zero-order valence-corrected chi connectivity index (χ0v) is 15.5. The number of unbranched alkanes of at least 4 members (excludes halogenated alkanes) is 1. The third kappa shape index (κ3) is 11.3. The third-order valence-corrected chi connectivity index (χ3v) is 3.17. The van der Waals surface area contributed by atoms with Crippen LogP contribution in [0.3, 0.4) is 0 Å². The van der Waals surface area contributed by atoms with Crippen molar-refractivity contribution in [3.8, 4) is 0 Å². The highest BCUT2D eigenvalue weighted by molar-refractivity contribution is 14.0. The number of rotatable bonds is 9. The van der Waals surface area contributed by atoms with E-state index in [0.29, 0.717) is 18.9 Å². The summed E-state index contributed by atoms with van der Waals surface area (Å²) in [6, 6.07) is 0. The summed E-state index contributed by atoms with van der Waals surface area (Å²) < 4.78 is 4.59. The predicted molar refractivity (Wildman–Crippen MR) is 94.7 cm³/mol. The van der Waals surface area contributed by atoms with Crippen molar-refractivity contribution in [3.05, 3.63) is 0 Å². The number of hydrogen-bond donors (Lipinski definition) is 2. The molecule has 20 heavy (non-hydrogen) atoms. The highest BCUT2D eigenvalue weighted by Crippen LogP contribution is 2.10. The molecule has 0 aromatic carbocycles. The molecular weight excluding hydrogens is 369 g/mol. The highest BCUT2D eigenvalue weighted by atomic mass is 127. The Morgan fingerprint density at radius 1 is 1.30 bits per heavy atom. The van der Waals surface area contributed by atoms with Gasteiger partial charge in [0.15, 0.2) is 5.96 Å². The Morgan fingerprint density at radius 3 is 2.50 bits per heavy atom. The first-order chi connectivity index (χ1) is 9.17. The molecule has 0 fully saturated rings. The summed E-state index contributed by atoms with van der Waals surface area (Å²) in [6.07, 6.45) is 5.28. The fourth-order valence-electron chi connectivity index (χ4n) is 1.79. The normalized spacial score (nSPS) is 12.3. The van der Waals surface area contributed by atoms with Crippen LogP contribution in [0.4, 0.5) is 0 Å². The number of carbonyl (C=O) groups excluding carboxylic acids is 1. The fourth-order valence-corrected chi connectivity index (χ4v) is 1.79. The Morgan fingerprint density at radius 2 is 2.00 bits per heavy atom. The van der Waals surface area contributed by atoms with Crippen molar-refractivity contribution in [2.45, 2.75) is 46.0 Å². The molecule has 0 spiro atoms. The fraction of sp³-hybridized carbons (Fsp3) is 0.857. The summed E-state index contributed by atoms with van der Waals surface area (Å²) in [7, 11) is 3.13. The number of nitrogens with zero attached hydrogens (tertiary/aromatic N) is 1. The molecule has 0 heterocycles. The minimum Gasteiger partial charge on any atom is -0.469 e. The summed E-state index contributed by atoms with van der Waals surface area (Å²) in [4.78, 5) is 15.1. The molecule has 0 bridgehead atoms. The maximum Gasteiger partial charge on any atom is 0.307 e. The molecule has 0 aliphatic heterocycles. The average molecular weight is 399 g/mol. The predicted octanol–water partition coefficient (Wildman–Crippen LogP) is 2.55. The number of nitrogens with one attached hydrogen (secondary N) is 2. The molecule has 0 rings (SSSR count). The van der Waals surface area contributed by atoms with Crippen molar-refractivity contribution in [1.29, 1.82) is 0 Å². The third-order valence-electron chi connectivity index (χ3n) is 3.17. The summed E-state index contributed by atoms with van der Waals surface area (Å²) in [5.74, 6) is 1.22. The Bertz CT molecular complexity index is 273. The van der Waals surface area contributed by atoms with Gasteiger partial charge < -0.3 is 15.4 Å². The number of hydrogen-bond acceptors (Lipinski definition) is 3. The molecule has 1 atom stereocenters. The molecule has 0 saturated carbocycles. The van der Waals surface area contributed by atoms with E-state index in [9.17, 15) is 4.79 Å². The highest BCUT2D eigenvalue weighted by Gasteiger charge is 2.07. The van der Waals surface area contributed by atoms with Crippen molar-refractivity contribution in [3.63, 3.8) is 0 Å². The standard InChI is InChI=1S/C14H29N3O2.HI/c1-5-7-8-12(6-2)11-17-14(15-3)16-10-9-13(18)19-4;/h12H,5-11H2,1-4H3,(H2,15,16,17);1H. The van der Waals surface area contributed by atoms with Crippen LogP contribution in [-0.4, -0.2) is 39.2 Å². The van der Waals surface area contributed by atoms with Gasteiger partial charge in [0.2, 0.25) is 0 Å². The second kappa shape index (κ2) is 14.9. The van der Waals surface area contributed by atoms with Gasteiger partial charge in [-0.15, -0.1) is 24.0 Å². The van der Waals surface area contributed by atoms with E-state index in [1.807, 2.05) is 0 Å². The van der Waals surface area contributed by atoms with Gasteiger partial charge in [0, 0.05) is 20.1 Å². The smallest absolute Gasteiger partial charge is 0.307 e. The molecule has 0 radical (unpaired) electrons.